The summed E-state index contributed by atoms with van der Waals surface area (Å²) in [6, 6.07) is 0. The molecule has 0 aliphatic rings. The molecule has 0 aromatic carbocycles. The molecule has 1 amide bonds. The molecule has 0 radical (unpaired) electrons. The molecule has 18 heavy (non-hydrogen) atoms. The lowest BCUT2D eigenvalue weighted by molar-refractivity contribution is -0.139. The van der Waals surface area contributed by atoms with Crippen LogP contribution in [0.15, 0.2) is 25.3 Å². The third-order valence-electron chi connectivity index (χ3n) is 1.19. The summed E-state index contributed by atoms with van der Waals surface area (Å²) in [5, 5.41) is 2.25. The molecule has 0 heterocycles. The van der Waals surface area contributed by atoms with Crippen LogP contribution in [0.25, 0.3) is 0 Å². The van der Waals surface area contributed by atoms with Crippen LogP contribution in [0.5, 0.6) is 0 Å². The van der Waals surface area contributed by atoms with Crippen LogP contribution >= 0.6 is 0 Å². The van der Waals surface area contributed by atoms with E-state index in [0.717, 1.165) is 12.2 Å². The molecule has 0 aliphatic carbocycles. The number of nitrogens with two attached hydrogens (primary N) is 1. The minimum Gasteiger partial charge on any atom is -0.441 e. The van der Waals surface area contributed by atoms with Crippen molar-refractivity contribution in [3.63, 3.8) is 0 Å². The first-order chi connectivity index (χ1) is 8.26. The largest absolute Gasteiger partial charge is 0.441 e. The van der Waals surface area contributed by atoms with Crippen molar-refractivity contribution in [2.24, 2.45) is 5.73 Å². The van der Waals surface area contributed by atoms with Crippen LogP contribution in [-0.2, 0) is 24.4 Å². The number of rotatable bonds is 6. The van der Waals surface area contributed by atoms with Crippen LogP contribution in [0.1, 0.15) is 0 Å². The molecule has 0 spiro atoms. The fourth-order valence-corrected chi connectivity index (χ4v) is 0.756. The Bertz CT molecular complexity index is 370. The third-order valence-corrected chi connectivity index (χ3v) is 1.94. The maximum absolute atomic E-state index is 10.4. The van der Waals surface area contributed by atoms with E-state index in [-0.39, 0.29) is 24.9 Å². The molecule has 0 unspecified atom stereocenters. The zero-order valence-corrected chi connectivity index (χ0v) is 10.5. The van der Waals surface area contributed by atoms with Crippen LogP contribution in [0.2, 0.25) is 0 Å². The van der Waals surface area contributed by atoms with E-state index in [4.69, 9.17) is 10.3 Å². The molecule has 8 nitrogen and oxygen atoms in total. The van der Waals surface area contributed by atoms with Crippen molar-refractivity contribution in [1.29, 1.82) is 0 Å². The fraction of sp³-hybridized carbons (Fsp3) is 0.333. The number of ether oxygens (including phenoxy) is 1. The van der Waals surface area contributed by atoms with Crippen LogP contribution in [-0.4, -0.2) is 43.9 Å². The molecule has 9 heteroatoms. The number of hydrogen-bond donors (Lipinski definition) is 3. The molecule has 0 fully saturated rings. The molecule has 4 N–H and O–H groups in total. The summed E-state index contributed by atoms with van der Waals surface area (Å²) in [6.07, 6.45) is 2.10. The second-order valence-corrected chi connectivity index (χ2v) is 4.20. The number of amides is 1. The molecule has 0 bridgehead atoms. The van der Waals surface area contributed by atoms with Crippen molar-refractivity contribution in [3.05, 3.63) is 25.3 Å². The lowest BCUT2D eigenvalue weighted by Gasteiger charge is -2.00. The van der Waals surface area contributed by atoms with Gasteiger partial charge in [0.1, 0.15) is 0 Å². The van der Waals surface area contributed by atoms with Crippen molar-refractivity contribution < 1.29 is 27.3 Å². The van der Waals surface area contributed by atoms with E-state index < -0.39 is 16.1 Å². The van der Waals surface area contributed by atoms with Crippen molar-refractivity contribution in [2.75, 3.05) is 19.0 Å². The van der Waals surface area contributed by atoms with Crippen molar-refractivity contribution >= 4 is 22.0 Å². The molecule has 0 atom stereocenters. The van der Waals surface area contributed by atoms with Gasteiger partial charge in [-0.1, -0.05) is 13.2 Å². The molecule has 0 aromatic rings. The van der Waals surface area contributed by atoms with Gasteiger partial charge in [0.25, 0.3) is 10.1 Å². The Morgan fingerprint density at radius 3 is 2.17 bits per heavy atom. The number of nitrogens with one attached hydrogen (secondary N) is 1. The minimum atomic E-state index is -3.80. The predicted octanol–water partition coefficient (Wildman–Crippen LogP) is -1.19. The average molecular weight is 280 g/mol. The van der Waals surface area contributed by atoms with E-state index in [2.05, 4.69) is 23.2 Å². The SMILES string of the molecule is C=CC(=O)NCOC(=O)C=C.NCCS(=O)(=O)O. The molecule has 0 saturated carbocycles. The standard InChI is InChI=1S/C7H9NO3.C2H7NO3S/c1-3-6(9)8-5-11-7(10)4-2;3-1-2-7(4,5)6/h3-4H,1-2,5H2,(H,8,9);1-3H2,(H,4,5,6). The topological polar surface area (TPSA) is 136 Å². The highest BCUT2D eigenvalue weighted by molar-refractivity contribution is 7.85. The van der Waals surface area contributed by atoms with E-state index >= 15 is 0 Å². The maximum atomic E-state index is 10.4. The van der Waals surface area contributed by atoms with E-state index in [0.29, 0.717) is 0 Å². The van der Waals surface area contributed by atoms with E-state index in [9.17, 15) is 18.0 Å². The zero-order chi connectivity index (χ0) is 14.6. The Morgan fingerprint density at radius 1 is 1.33 bits per heavy atom. The zero-order valence-electron chi connectivity index (χ0n) is 9.66. The van der Waals surface area contributed by atoms with Crippen molar-refractivity contribution in [3.8, 4) is 0 Å². The monoisotopic (exact) mass is 280 g/mol. The van der Waals surface area contributed by atoms with Gasteiger partial charge in [0.2, 0.25) is 5.91 Å². The molecule has 0 saturated heterocycles. The highest BCUT2D eigenvalue weighted by Crippen LogP contribution is 1.76. The van der Waals surface area contributed by atoms with Gasteiger partial charge in [-0.25, -0.2) is 4.79 Å². The summed E-state index contributed by atoms with van der Waals surface area (Å²) < 4.78 is 31.8. The molecular weight excluding hydrogens is 264 g/mol. The first-order valence-corrected chi connectivity index (χ1v) is 6.22. The van der Waals surface area contributed by atoms with Crippen LogP contribution in [0.3, 0.4) is 0 Å². The van der Waals surface area contributed by atoms with E-state index in [1.807, 2.05) is 0 Å². The first kappa shape index (κ1) is 18.6. The van der Waals surface area contributed by atoms with Gasteiger partial charge in [-0.2, -0.15) is 8.42 Å². The second-order valence-electron chi connectivity index (χ2n) is 2.63. The first-order valence-electron chi connectivity index (χ1n) is 4.61. The minimum absolute atomic E-state index is 0.0289. The maximum Gasteiger partial charge on any atom is 0.331 e. The average Bonchev–Trinajstić information content (AvgIpc) is 2.27. The summed E-state index contributed by atoms with van der Waals surface area (Å²) in [6.45, 7) is 6.19. The Morgan fingerprint density at radius 2 is 1.89 bits per heavy atom. The molecule has 0 rings (SSSR count). The Kier molecular flexibility index (Phi) is 10.8. The highest BCUT2D eigenvalue weighted by atomic mass is 32.2. The van der Waals surface area contributed by atoms with Gasteiger partial charge in [0.15, 0.2) is 6.73 Å². The summed E-state index contributed by atoms with van der Waals surface area (Å²) in [4.78, 5) is 20.8. The van der Waals surface area contributed by atoms with Gasteiger partial charge in [-0.15, -0.1) is 0 Å². The van der Waals surface area contributed by atoms with Gasteiger partial charge >= 0.3 is 5.97 Å². The van der Waals surface area contributed by atoms with Crippen molar-refractivity contribution in [1.82, 2.24) is 5.32 Å². The summed E-state index contributed by atoms with van der Waals surface area (Å²) in [5.74, 6) is -1.32. The van der Waals surface area contributed by atoms with Gasteiger partial charge in [-0.3, -0.25) is 9.35 Å². The summed E-state index contributed by atoms with van der Waals surface area (Å²) in [7, 11) is -3.80. The van der Waals surface area contributed by atoms with Crippen molar-refractivity contribution in [2.45, 2.75) is 0 Å². The smallest absolute Gasteiger partial charge is 0.331 e. The Hall–Kier alpha value is -1.71. The van der Waals surface area contributed by atoms with E-state index in [1.165, 1.54) is 0 Å². The molecular formula is C9H16N2O6S. The van der Waals surface area contributed by atoms with Gasteiger partial charge in [0.05, 0.1) is 5.75 Å². The predicted molar refractivity (Wildman–Crippen MR) is 65.0 cm³/mol. The number of hydrogen-bond acceptors (Lipinski definition) is 6. The Balaban J connectivity index is 0. The van der Waals surface area contributed by atoms with Crippen LogP contribution in [0.4, 0.5) is 0 Å². The molecule has 0 aliphatic heterocycles. The molecule has 0 aromatic heterocycles. The second kappa shape index (κ2) is 10.4. The number of carbonyl (C=O) groups is 2. The van der Waals surface area contributed by atoms with Gasteiger partial charge < -0.3 is 15.8 Å². The lowest BCUT2D eigenvalue weighted by Crippen LogP contribution is -2.25. The summed E-state index contributed by atoms with van der Waals surface area (Å²) >= 11 is 0. The van der Waals surface area contributed by atoms with E-state index in [1.54, 1.807) is 0 Å². The third kappa shape index (κ3) is 16.7. The van der Waals surface area contributed by atoms with Gasteiger partial charge in [-0.05, 0) is 6.08 Å². The quantitative estimate of drug-likeness (QED) is 0.241. The van der Waals surface area contributed by atoms with Crippen LogP contribution in [0, 0.1) is 0 Å². The number of esters is 1. The Labute approximate surface area is 105 Å². The summed E-state index contributed by atoms with van der Waals surface area (Å²) in [5.41, 5.74) is 4.78. The fourth-order valence-electron chi connectivity index (χ4n) is 0.458. The number of carbonyl (C=O) groups excluding carboxylic acids is 2. The van der Waals surface area contributed by atoms with Crippen LogP contribution < -0.4 is 11.1 Å². The highest BCUT2D eigenvalue weighted by Gasteiger charge is 1.98. The molecule has 104 valence electrons. The lowest BCUT2D eigenvalue weighted by atomic mass is 10.6. The van der Waals surface area contributed by atoms with Gasteiger partial charge in [0, 0.05) is 12.6 Å². The normalized spacial score (nSPS) is 9.44.